The molecule has 0 aliphatic carbocycles. The first-order valence-corrected chi connectivity index (χ1v) is 5.85. The van der Waals surface area contributed by atoms with Gasteiger partial charge in [-0.2, -0.15) is 12.6 Å². The second-order valence-corrected chi connectivity index (χ2v) is 4.16. The SMILES string of the molecule is O=Cc1ccc(C(O)C(O)CCS)c([N+](=O)[O-])c1. The van der Waals surface area contributed by atoms with Gasteiger partial charge in [0.05, 0.1) is 16.6 Å². The average molecular weight is 271 g/mol. The number of rotatable bonds is 6. The third kappa shape index (κ3) is 3.28. The molecule has 1 rings (SSSR count). The molecule has 18 heavy (non-hydrogen) atoms. The van der Waals surface area contributed by atoms with Crippen molar-refractivity contribution >= 4 is 24.6 Å². The predicted molar refractivity (Wildman–Crippen MR) is 67.9 cm³/mol. The zero-order valence-electron chi connectivity index (χ0n) is 9.39. The van der Waals surface area contributed by atoms with Crippen molar-refractivity contribution in [3.05, 3.63) is 39.4 Å². The lowest BCUT2D eigenvalue weighted by Crippen LogP contribution is -2.19. The summed E-state index contributed by atoms with van der Waals surface area (Å²) in [5.74, 6) is 0.346. The van der Waals surface area contributed by atoms with Gasteiger partial charge in [-0.05, 0) is 18.2 Å². The van der Waals surface area contributed by atoms with Crippen LogP contribution in [-0.2, 0) is 0 Å². The Labute approximate surface area is 109 Å². The van der Waals surface area contributed by atoms with E-state index in [1.807, 2.05) is 0 Å². The number of aldehydes is 1. The van der Waals surface area contributed by atoms with Crippen molar-refractivity contribution in [3.63, 3.8) is 0 Å². The molecule has 1 aromatic rings. The molecule has 98 valence electrons. The topological polar surface area (TPSA) is 101 Å². The number of aliphatic hydroxyl groups is 2. The van der Waals surface area contributed by atoms with E-state index in [4.69, 9.17) is 0 Å². The number of carbonyl (C=O) groups is 1. The third-order valence-electron chi connectivity index (χ3n) is 2.50. The van der Waals surface area contributed by atoms with Crippen LogP contribution in [0.1, 0.15) is 28.4 Å². The number of carbonyl (C=O) groups excluding carboxylic acids is 1. The first-order valence-electron chi connectivity index (χ1n) is 5.21. The van der Waals surface area contributed by atoms with Crippen molar-refractivity contribution in [2.75, 3.05) is 5.75 Å². The lowest BCUT2D eigenvalue weighted by Gasteiger charge is -2.17. The largest absolute Gasteiger partial charge is 0.390 e. The van der Waals surface area contributed by atoms with E-state index in [-0.39, 0.29) is 23.2 Å². The molecule has 0 aliphatic rings. The van der Waals surface area contributed by atoms with Crippen molar-refractivity contribution in [3.8, 4) is 0 Å². The molecule has 2 atom stereocenters. The Balaban J connectivity index is 3.14. The van der Waals surface area contributed by atoms with Gasteiger partial charge in [0.2, 0.25) is 0 Å². The number of thiol groups is 1. The van der Waals surface area contributed by atoms with Gasteiger partial charge in [-0.25, -0.2) is 0 Å². The third-order valence-corrected chi connectivity index (χ3v) is 2.75. The highest BCUT2D eigenvalue weighted by Gasteiger charge is 2.26. The van der Waals surface area contributed by atoms with Gasteiger partial charge in [0.25, 0.3) is 5.69 Å². The molecule has 6 nitrogen and oxygen atoms in total. The highest BCUT2D eigenvalue weighted by Crippen LogP contribution is 2.29. The summed E-state index contributed by atoms with van der Waals surface area (Å²) in [5, 5.41) is 30.3. The summed E-state index contributed by atoms with van der Waals surface area (Å²) in [6, 6.07) is 3.69. The van der Waals surface area contributed by atoms with Crippen LogP contribution in [0.5, 0.6) is 0 Å². The number of hydrogen-bond donors (Lipinski definition) is 3. The number of benzene rings is 1. The summed E-state index contributed by atoms with van der Waals surface area (Å²) < 4.78 is 0. The van der Waals surface area contributed by atoms with E-state index in [9.17, 15) is 25.1 Å². The average Bonchev–Trinajstić information content (AvgIpc) is 2.37. The molecular formula is C11H13NO5S. The maximum absolute atomic E-state index is 10.9. The summed E-state index contributed by atoms with van der Waals surface area (Å²) in [5.41, 5.74) is -0.258. The second kappa shape index (κ2) is 6.48. The van der Waals surface area contributed by atoms with Crippen LogP contribution in [0.15, 0.2) is 18.2 Å². The summed E-state index contributed by atoms with van der Waals surface area (Å²) >= 11 is 3.91. The molecule has 1 aromatic carbocycles. The molecule has 0 bridgehead atoms. The Morgan fingerprint density at radius 2 is 2.11 bits per heavy atom. The molecule has 0 aromatic heterocycles. The minimum absolute atomic E-state index is 0.0140. The number of hydrogen-bond acceptors (Lipinski definition) is 6. The Morgan fingerprint density at radius 3 is 2.61 bits per heavy atom. The van der Waals surface area contributed by atoms with E-state index < -0.39 is 17.1 Å². The van der Waals surface area contributed by atoms with Gasteiger partial charge >= 0.3 is 0 Å². The van der Waals surface area contributed by atoms with Gasteiger partial charge in [0, 0.05) is 11.6 Å². The molecule has 2 unspecified atom stereocenters. The van der Waals surface area contributed by atoms with E-state index in [0.717, 1.165) is 6.07 Å². The maximum atomic E-state index is 10.9. The van der Waals surface area contributed by atoms with Gasteiger partial charge in [-0.3, -0.25) is 14.9 Å². The van der Waals surface area contributed by atoms with Crippen LogP contribution < -0.4 is 0 Å². The highest BCUT2D eigenvalue weighted by atomic mass is 32.1. The molecular weight excluding hydrogens is 258 g/mol. The summed E-state index contributed by atoms with van der Waals surface area (Å²) in [6.45, 7) is 0. The standard InChI is InChI=1S/C11H13NO5S/c13-6-7-1-2-8(9(5-7)12(16)17)11(15)10(14)3-4-18/h1-2,5-6,10-11,14-15,18H,3-4H2. The Morgan fingerprint density at radius 1 is 1.44 bits per heavy atom. The minimum atomic E-state index is -1.38. The maximum Gasteiger partial charge on any atom is 0.276 e. The first kappa shape index (κ1) is 14.6. The Bertz CT molecular complexity index is 451. The van der Waals surface area contributed by atoms with Gasteiger partial charge in [-0.15, -0.1) is 0 Å². The summed E-state index contributed by atoms with van der Waals surface area (Å²) in [7, 11) is 0. The van der Waals surface area contributed by atoms with Crippen LogP contribution in [-0.4, -0.2) is 33.3 Å². The summed E-state index contributed by atoms with van der Waals surface area (Å²) in [4.78, 5) is 20.7. The van der Waals surface area contributed by atoms with Crippen molar-refractivity contribution in [2.24, 2.45) is 0 Å². The van der Waals surface area contributed by atoms with Gasteiger partial charge in [0.1, 0.15) is 12.4 Å². The van der Waals surface area contributed by atoms with E-state index in [2.05, 4.69) is 12.6 Å². The quantitative estimate of drug-likeness (QED) is 0.311. The van der Waals surface area contributed by atoms with E-state index in [1.54, 1.807) is 0 Å². The van der Waals surface area contributed by atoms with Crippen LogP contribution in [0, 0.1) is 10.1 Å². The molecule has 0 saturated heterocycles. The summed E-state index contributed by atoms with van der Waals surface area (Å²) in [6.07, 6.45) is -1.83. The molecule has 0 amide bonds. The zero-order chi connectivity index (χ0) is 13.7. The molecule has 0 spiro atoms. The van der Waals surface area contributed by atoms with Crippen LogP contribution in [0.2, 0.25) is 0 Å². The molecule has 0 radical (unpaired) electrons. The minimum Gasteiger partial charge on any atom is -0.390 e. The smallest absolute Gasteiger partial charge is 0.276 e. The molecule has 0 aliphatic heterocycles. The first-order chi connectivity index (χ1) is 8.51. The number of nitro benzene ring substituents is 1. The fourth-order valence-corrected chi connectivity index (χ4v) is 1.80. The molecule has 0 heterocycles. The van der Waals surface area contributed by atoms with Crippen molar-refractivity contribution < 1.29 is 19.9 Å². The second-order valence-electron chi connectivity index (χ2n) is 3.72. The van der Waals surface area contributed by atoms with Gasteiger partial charge in [-0.1, -0.05) is 6.07 Å². The molecule has 0 fully saturated rings. The van der Waals surface area contributed by atoms with Crippen LogP contribution >= 0.6 is 12.6 Å². The molecule has 0 saturated carbocycles. The normalized spacial score (nSPS) is 13.9. The highest BCUT2D eigenvalue weighted by molar-refractivity contribution is 7.80. The van der Waals surface area contributed by atoms with Crippen molar-refractivity contribution in [1.82, 2.24) is 0 Å². The van der Waals surface area contributed by atoms with E-state index in [1.165, 1.54) is 12.1 Å². The van der Waals surface area contributed by atoms with Crippen molar-refractivity contribution in [1.29, 1.82) is 0 Å². The number of aliphatic hydroxyl groups excluding tert-OH is 2. The van der Waals surface area contributed by atoms with Crippen LogP contribution in [0.4, 0.5) is 5.69 Å². The van der Waals surface area contributed by atoms with Gasteiger partial charge < -0.3 is 10.2 Å². The van der Waals surface area contributed by atoms with Crippen LogP contribution in [0.25, 0.3) is 0 Å². The van der Waals surface area contributed by atoms with E-state index in [0.29, 0.717) is 12.0 Å². The van der Waals surface area contributed by atoms with Crippen LogP contribution in [0.3, 0.4) is 0 Å². The lowest BCUT2D eigenvalue weighted by atomic mass is 9.99. The number of nitro groups is 1. The Hall–Kier alpha value is -1.44. The predicted octanol–water partition coefficient (Wildman–Crippen LogP) is 1.12. The lowest BCUT2D eigenvalue weighted by molar-refractivity contribution is -0.386. The Kier molecular flexibility index (Phi) is 5.26. The van der Waals surface area contributed by atoms with Gasteiger partial charge in [0.15, 0.2) is 0 Å². The monoisotopic (exact) mass is 271 g/mol. The number of nitrogens with zero attached hydrogens (tertiary/aromatic N) is 1. The van der Waals surface area contributed by atoms with E-state index >= 15 is 0 Å². The van der Waals surface area contributed by atoms with Crippen molar-refractivity contribution in [2.45, 2.75) is 18.6 Å². The molecule has 7 heteroatoms. The molecule has 2 N–H and O–H groups in total. The fraction of sp³-hybridized carbons (Fsp3) is 0.364. The zero-order valence-corrected chi connectivity index (χ0v) is 10.3. The fourth-order valence-electron chi connectivity index (χ4n) is 1.54.